The molecule has 0 aliphatic heterocycles. The highest BCUT2D eigenvalue weighted by Crippen LogP contribution is 2.06. The largest absolute Gasteiger partial charge is 0.481 e. The molecule has 0 spiro atoms. The van der Waals surface area contributed by atoms with Crippen molar-refractivity contribution in [2.75, 3.05) is 7.11 Å². The standard InChI is InChI=1S/C14H15N3O2/c1-10-4-3-5-12(17-10)14(18)16-9-11-6-7-13(19-2)15-8-11/h3-8H,9H2,1-2H3,(H,16,18). The van der Waals surface area contributed by atoms with Crippen LogP contribution in [0.15, 0.2) is 36.5 Å². The number of pyridine rings is 2. The zero-order valence-corrected chi connectivity index (χ0v) is 10.9. The van der Waals surface area contributed by atoms with Crippen molar-refractivity contribution in [1.29, 1.82) is 0 Å². The molecule has 98 valence electrons. The van der Waals surface area contributed by atoms with Crippen LogP contribution >= 0.6 is 0 Å². The Kier molecular flexibility index (Phi) is 4.07. The first-order valence-electron chi connectivity index (χ1n) is 5.90. The van der Waals surface area contributed by atoms with Gasteiger partial charge >= 0.3 is 0 Å². The maximum Gasteiger partial charge on any atom is 0.270 e. The van der Waals surface area contributed by atoms with Crippen LogP contribution in [0.3, 0.4) is 0 Å². The Bertz CT molecular complexity index is 567. The number of hydrogen-bond acceptors (Lipinski definition) is 4. The minimum absolute atomic E-state index is 0.195. The number of aromatic nitrogens is 2. The molecule has 5 nitrogen and oxygen atoms in total. The highest BCUT2D eigenvalue weighted by molar-refractivity contribution is 5.92. The summed E-state index contributed by atoms with van der Waals surface area (Å²) in [5.41, 5.74) is 2.14. The van der Waals surface area contributed by atoms with Crippen molar-refractivity contribution in [3.8, 4) is 5.88 Å². The summed E-state index contributed by atoms with van der Waals surface area (Å²) in [6.07, 6.45) is 1.67. The third kappa shape index (κ3) is 3.51. The second-order valence-electron chi connectivity index (χ2n) is 4.06. The van der Waals surface area contributed by atoms with Crippen LogP contribution in [0.4, 0.5) is 0 Å². The normalized spacial score (nSPS) is 10.0. The van der Waals surface area contributed by atoms with E-state index in [0.29, 0.717) is 18.1 Å². The summed E-state index contributed by atoms with van der Waals surface area (Å²) in [5.74, 6) is 0.356. The number of ether oxygens (including phenoxy) is 1. The van der Waals surface area contributed by atoms with Crippen molar-refractivity contribution in [3.63, 3.8) is 0 Å². The van der Waals surface area contributed by atoms with E-state index in [1.54, 1.807) is 25.4 Å². The van der Waals surface area contributed by atoms with Gasteiger partial charge in [0.15, 0.2) is 0 Å². The molecule has 19 heavy (non-hydrogen) atoms. The lowest BCUT2D eigenvalue weighted by molar-refractivity contribution is 0.0945. The average Bonchev–Trinajstić information content (AvgIpc) is 2.45. The summed E-state index contributed by atoms with van der Waals surface area (Å²) in [5, 5.41) is 2.80. The van der Waals surface area contributed by atoms with Crippen molar-refractivity contribution < 1.29 is 9.53 Å². The molecule has 5 heteroatoms. The number of nitrogens with zero attached hydrogens (tertiary/aromatic N) is 2. The first kappa shape index (κ1) is 13.0. The maximum atomic E-state index is 11.9. The fourth-order valence-corrected chi connectivity index (χ4v) is 1.58. The van der Waals surface area contributed by atoms with Gasteiger partial charge in [-0.15, -0.1) is 0 Å². The van der Waals surface area contributed by atoms with E-state index in [4.69, 9.17) is 4.74 Å². The van der Waals surface area contributed by atoms with Gasteiger partial charge in [0.05, 0.1) is 7.11 Å². The number of methoxy groups -OCH3 is 1. The number of rotatable bonds is 4. The second kappa shape index (κ2) is 5.95. The molecular formula is C14H15N3O2. The molecule has 0 bridgehead atoms. The van der Waals surface area contributed by atoms with Crippen LogP contribution < -0.4 is 10.1 Å². The van der Waals surface area contributed by atoms with Crippen LogP contribution in [-0.4, -0.2) is 23.0 Å². The topological polar surface area (TPSA) is 64.1 Å². The van der Waals surface area contributed by atoms with E-state index in [9.17, 15) is 4.79 Å². The third-order valence-electron chi connectivity index (χ3n) is 2.58. The number of carbonyl (C=O) groups is 1. The summed E-state index contributed by atoms with van der Waals surface area (Å²) in [6.45, 7) is 2.26. The van der Waals surface area contributed by atoms with E-state index in [0.717, 1.165) is 11.3 Å². The third-order valence-corrected chi connectivity index (χ3v) is 2.58. The average molecular weight is 257 g/mol. The summed E-state index contributed by atoms with van der Waals surface area (Å²) in [7, 11) is 1.56. The number of amides is 1. The van der Waals surface area contributed by atoms with Crippen LogP contribution in [0.5, 0.6) is 5.88 Å². The van der Waals surface area contributed by atoms with Crippen LogP contribution in [0.2, 0.25) is 0 Å². The Morgan fingerprint density at radius 1 is 1.32 bits per heavy atom. The Hall–Kier alpha value is -2.43. The fraction of sp³-hybridized carbons (Fsp3) is 0.214. The molecule has 1 amide bonds. The first-order valence-corrected chi connectivity index (χ1v) is 5.90. The number of nitrogens with one attached hydrogen (secondary N) is 1. The van der Waals surface area contributed by atoms with Gasteiger partial charge in [0.25, 0.3) is 5.91 Å². The summed E-state index contributed by atoms with van der Waals surface area (Å²) >= 11 is 0. The van der Waals surface area contributed by atoms with E-state index in [1.165, 1.54) is 0 Å². The van der Waals surface area contributed by atoms with E-state index in [2.05, 4.69) is 15.3 Å². The minimum Gasteiger partial charge on any atom is -0.481 e. The van der Waals surface area contributed by atoms with Crippen molar-refractivity contribution in [2.24, 2.45) is 0 Å². The summed E-state index contributed by atoms with van der Waals surface area (Å²) in [6, 6.07) is 8.97. The van der Waals surface area contributed by atoms with Gasteiger partial charge < -0.3 is 10.1 Å². The molecule has 2 aromatic rings. The molecule has 0 radical (unpaired) electrons. The van der Waals surface area contributed by atoms with Crippen LogP contribution in [-0.2, 0) is 6.54 Å². The van der Waals surface area contributed by atoms with Crippen molar-refractivity contribution in [3.05, 3.63) is 53.5 Å². The van der Waals surface area contributed by atoms with Gasteiger partial charge in [0, 0.05) is 24.5 Å². The van der Waals surface area contributed by atoms with Crippen LogP contribution in [0, 0.1) is 6.92 Å². The molecule has 2 aromatic heterocycles. The fourth-order valence-electron chi connectivity index (χ4n) is 1.58. The second-order valence-corrected chi connectivity index (χ2v) is 4.06. The molecule has 1 N–H and O–H groups in total. The highest BCUT2D eigenvalue weighted by Gasteiger charge is 2.06. The lowest BCUT2D eigenvalue weighted by Gasteiger charge is -2.05. The molecule has 0 atom stereocenters. The Morgan fingerprint density at radius 3 is 2.79 bits per heavy atom. The number of carbonyl (C=O) groups excluding carboxylic acids is 1. The minimum atomic E-state index is -0.195. The molecule has 2 rings (SSSR count). The van der Waals surface area contributed by atoms with Gasteiger partial charge in [-0.1, -0.05) is 12.1 Å². The number of aryl methyl sites for hydroxylation is 1. The Balaban J connectivity index is 1.96. The van der Waals surface area contributed by atoms with Crippen LogP contribution in [0.1, 0.15) is 21.7 Å². The molecule has 0 aliphatic carbocycles. The lowest BCUT2D eigenvalue weighted by atomic mass is 10.2. The molecule has 0 aromatic carbocycles. The smallest absolute Gasteiger partial charge is 0.270 e. The SMILES string of the molecule is COc1ccc(CNC(=O)c2cccc(C)n2)cn1. The zero-order valence-electron chi connectivity index (χ0n) is 10.9. The lowest BCUT2D eigenvalue weighted by Crippen LogP contribution is -2.24. The van der Waals surface area contributed by atoms with Crippen molar-refractivity contribution in [2.45, 2.75) is 13.5 Å². The molecule has 0 aliphatic rings. The van der Waals surface area contributed by atoms with E-state index >= 15 is 0 Å². The van der Waals surface area contributed by atoms with Gasteiger partial charge in [-0.25, -0.2) is 9.97 Å². The maximum absolute atomic E-state index is 11.9. The van der Waals surface area contributed by atoms with E-state index in [-0.39, 0.29) is 5.91 Å². The molecular weight excluding hydrogens is 242 g/mol. The predicted molar refractivity (Wildman–Crippen MR) is 70.9 cm³/mol. The van der Waals surface area contributed by atoms with Gasteiger partial charge in [-0.05, 0) is 24.6 Å². The predicted octanol–water partition coefficient (Wildman–Crippen LogP) is 1.72. The van der Waals surface area contributed by atoms with Gasteiger partial charge in [0.2, 0.25) is 5.88 Å². The first-order chi connectivity index (χ1) is 9.19. The summed E-state index contributed by atoms with van der Waals surface area (Å²) in [4.78, 5) is 20.1. The summed E-state index contributed by atoms with van der Waals surface area (Å²) < 4.78 is 4.97. The molecule has 0 saturated heterocycles. The highest BCUT2D eigenvalue weighted by atomic mass is 16.5. The Morgan fingerprint density at radius 2 is 2.16 bits per heavy atom. The molecule has 0 unspecified atom stereocenters. The molecule has 2 heterocycles. The Labute approximate surface area is 111 Å². The van der Waals surface area contributed by atoms with Gasteiger partial charge in [0.1, 0.15) is 5.69 Å². The monoisotopic (exact) mass is 257 g/mol. The quantitative estimate of drug-likeness (QED) is 0.905. The zero-order chi connectivity index (χ0) is 13.7. The number of hydrogen-bond donors (Lipinski definition) is 1. The molecule has 0 saturated carbocycles. The van der Waals surface area contributed by atoms with E-state index < -0.39 is 0 Å². The van der Waals surface area contributed by atoms with Crippen molar-refractivity contribution >= 4 is 5.91 Å². The van der Waals surface area contributed by atoms with Gasteiger partial charge in [-0.2, -0.15) is 0 Å². The van der Waals surface area contributed by atoms with Gasteiger partial charge in [-0.3, -0.25) is 4.79 Å². The van der Waals surface area contributed by atoms with Crippen molar-refractivity contribution in [1.82, 2.24) is 15.3 Å². The van der Waals surface area contributed by atoms with Crippen LogP contribution in [0.25, 0.3) is 0 Å². The molecule has 0 fully saturated rings. The van der Waals surface area contributed by atoms with E-state index in [1.807, 2.05) is 25.1 Å².